The van der Waals surface area contributed by atoms with Crippen molar-refractivity contribution in [3.05, 3.63) is 4.91 Å². The molecule has 0 fully saturated rings. The lowest BCUT2D eigenvalue weighted by atomic mass is 10.1. The number of unbranched alkanes of at least 4 members (excludes halogenated alkanes) is 2. The average Bonchev–Trinajstić information content (AvgIpc) is 1.89. The molecule has 0 aliphatic rings. The molecule has 0 aromatic heterocycles. The van der Waals surface area contributed by atoms with Gasteiger partial charge in [-0.3, -0.25) is 0 Å². The van der Waals surface area contributed by atoms with Crippen molar-refractivity contribution in [3.8, 4) is 0 Å². The third-order valence-corrected chi connectivity index (χ3v) is 1.30. The number of nitrogens with zero attached hydrogens (tertiary/aromatic N) is 1. The van der Waals surface area contributed by atoms with Crippen molar-refractivity contribution in [1.82, 2.24) is 4.85 Å². The van der Waals surface area contributed by atoms with Crippen LogP contribution in [0.1, 0.15) is 39.5 Å². The molecule has 0 amide bonds. The Hall–Kier alpha value is -0.620. The van der Waals surface area contributed by atoms with E-state index in [0.717, 1.165) is 18.6 Å². The molecular formula is C7H14NO+. The molecule has 0 heterocycles. The predicted octanol–water partition coefficient (Wildman–Crippen LogP) is 1.86. The largest absolute Gasteiger partial charge is 0.346 e. The molecular weight excluding hydrogens is 114 g/mol. The molecule has 0 unspecified atom stereocenters. The first-order chi connectivity index (χ1) is 4.31. The normalized spacial score (nSPS) is 8.67. The summed E-state index contributed by atoms with van der Waals surface area (Å²) >= 11 is 0. The van der Waals surface area contributed by atoms with Gasteiger partial charge in [0.15, 0.2) is 4.91 Å². The van der Waals surface area contributed by atoms with Gasteiger partial charge in [-0.2, -0.15) is 0 Å². The molecule has 0 spiro atoms. The Bertz CT molecular complexity index is 114. The summed E-state index contributed by atoms with van der Waals surface area (Å²) in [5.74, 6) is 0. The van der Waals surface area contributed by atoms with Crippen LogP contribution >= 0.6 is 0 Å². The van der Waals surface area contributed by atoms with Crippen LogP contribution in [0.4, 0.5) is 0 Å². The van der Waals surface area contributed by atoms with Gasteiger partial charge in [-0.1, -0.05) is 19.8 Å². The van der Waals surface area contributed by atoms with Gasteiger partial charge in [0.25, 0.3) is 0 Å². The van der Waals surface area contributed by atoms with E-state index >= 15 is 0 Å². The third-order valence-electron chi connectivity index (χ3n) is 1.30. The summed E-state index contributed by atoms with van der Waals surface area (Å²) < 4.78 is 0. The van der Waals surface area contributed by atoms with E-state index in [9.17, 15) is 4.91 Å². The van der Waals surface area contributed by atoms with E-state index in [-0.39, 0.29) is 0 Å². The standard InChI is InChI=1S/C7H14NO/c1-3-4-5-6-7(2)8-9/h3-6H2,1-2H3/q+1. The zero-order valence-electron chi connectivity index (χ0n) is 6.18. The summed E-state index contributed by atoms with van der Waals surface area (Å²) in [6.45, 7) is 3.92. The first-order valence-corrected chi connectivity index (χ1v) is 3.47. The second-order valence-electron chi connectivity index (χ2n) is 2.28. The summed E-state index contributed by atoms with van der Waals surface area (Å²) in [5.41, 5.74) is 0.725. The SMILES string of the molecule is CCCCCC(C)=[N+]=O. The molecule has 0 N–H and O–H groups in total. The van der Waals surface area contributed by atoms with Crippen LogP contribution in [0.25, 0.3) is 0 Å². The molecule has 0 radical (unpaired) electrons. The zero-order valence-corrected chi connectivity index (χ0v) is 6.18. The molecule has 9 heavy (non-hydrogen) atoms. The van der Waals surface area contributed by atoms with Crippen molar-refractivity contribution in [2.45, 2.75) is 39.5 Å². The summed E-state index contributed by atoms with van der Waals surface area (Å²) in [4.78, 5) is 12.6. The average molecular weight is 128 g/mol. The highest BCUT2D eigenvalue weighted by Gasteiger charge is 2.01. The summed E-state index contributed by atoms with van der Waals surface area (Å²) in [5, 5.41) is 0. The fourth-order valence-electron chi connectivity index (χ4n) is 0.676. The minimum Gasteiger partial charge on any atom is -0.0654 e. The number of hydrogen-bond acceptors (Lipinski definition) is 1. The van der Waals surface area contributed by atoms with Gasteiger partial charge in [-0.05, 0) is 6.42 Å². The Morgan fingerprint density at radius 2 is 2.11 bits per heavy atom. The van der Waals surface area contributed by atoms with Crippen molar-refractivity contribution >= 4 is 5.71 Å². The van der Waals surface area contributed by atoms with Crippen LogP contribution in [0.2, 0.25) is 0 Å². The molecule has 0 aromatic carbocycles. The van der Waals surface area contributed by atoms with Crippen LogP contribution < -0.4 is 4.85 Å². The van der Waals surface area contributed by atoms with Gasteiger partial charge in [0.2, 0.25) is 4.85 Å². The fraction of sp³-hybridized carbons (Fsp3) is 0.857. The molecule has 0 bridgehead atoms. The van der Waals surface area contributed by atoms with E-state index in [1.165, 1.54) is 12.8 Å². The van der Waals surface area contributed by atoms with Crippen molar-refractivity contribution in [2.75, 3.05) is 0 Å². The fourth-order valence-corrected chi connectivity index (χ4v) is 0.676. The summed E-state index contributed by atoms with van der Waals surface area (Å²) in [7, 11) is 0. The maximum Gasteiger partial charge on any atom is 0.346 e. The van der Waals surface area contributed by atoms with Gasteiger partial charge >= 0.3 is 5.71 Å². The van der Waals surface area contributed by atoms with Gasteiger partial charge in [-0.25, -0.2) is 0 Å². The van der Waals surface area contributed by atoms with Gasteiger partial charge in [-0.15, -0.1) is 0 Å². The molecule has 0 saturated heterocycles. The first kappa shape index (κ1) is 8.38. The van der Waals surface area contributed by atoms with E-state index in [1.54, 1.807) is 6.92 Å². The van der Waals surface area contributed by atoms with Crippen molar-refractivity contribution in [1.29, 1.82) is 0 Å². The molecule has 0 aliphatic carbocycles. The second-order valence-corrected chi connectivity index (χ2v) is 2.28. The van der Waals surface area contributed by atoms with Crippen LogP contribution in [0.3, 0.4) is 0 Å². The van der Waals surface area contributed by atoms with Crippen LogP contribution in [0, 0.1) is 4.91 Å². The molecule has 0 atom stereocenters. The van der Waals surface area contributed by atoms with Crippen molar-refractivity contribution < 1.29 is 0 Å². The van der Waals surface area contributed by atoms with Gasteiger partial charge in [0, 0.05) is 6.92 Å². The monoisotopic (exact) mass is 128 g/mol. The lowest BCUT2D eigenvalue weighted by Crippen LogP contribution is -1.92. The van der Waals surface area contributed by atoms with Crippen molar-refractivity contribution in [2.24, 2.45) is 0 Å². The highest BCUT2D eigenvalue weighted by atomic mass is 16.2. The lowest BCUT2D eigenvalue weighted by molar-refractivity contribution is 0.740. The Kier molecular flexibility index (Phi) is 5.14. The second kappa shape index (κ2) is 5.52. The topological polar surface area (TPSA) is 31.2 Å². The van der Waals surface area contributed by atoms with Gasteiger partial charge in [0.1, 0.15) is 0 Å². The Morgan fingerprint density at radius 3 is 2.56 bits per heavy atom. The molecule has 0 aromatic rings. The van der Waals surface area contributed by atoms with Gasteiger partial charge in [0.05, 0.1) is 6.42 Å². The quantitative estimate of drug-likeness (QED) is 0.323. The van der Waals surface area contributed by atoms with Crippen LogP contribution in [-0.2, 0) is 0 Å². The minimum atomic E-state index is 0.725. The predicted molar refractivity (Wildman–Crippen MR) is 40.3 cm³/mol. The molecule has 0 rings (SSSR count). The number of nitroso groups, excluding NO2 is 1. The number of hydrogen-bond donors (Lipinski definition) is 0. The number of rotatable bonds is 4. The molecule has 0 aliphatic heterocycles. The van der Waals surface area contributed by atoms with Crippen LogP contribution in [0.15, 0.2) is 0 Å². The first-order valence-electron chi connectivity index (χ1n) is 3.47. The van der Waals surface area contributed by atoms with E-state index < -0.39 is 0 Å². The molecule has 2 heteroatoms. The Morgan fingerprint density at radius 1 is 1.44 bits per heavy atom. The summed E-state index contributed by atoms with van der Waals surface area (Å²) in [6, 6.07) is 0. The molecule has 2 nitrogen and oxygen atoms in total. The zero-order chi connectivity index (χ0) is 7.11. The Balaban J connectivity index is 3.17. The third kappa shape index (κ3) is 5.25. The molecule has 52 valence electrons. The minimum absolute atomic E-state index is 0.725. The van der Waals surface area contributed by atoms with Crippen molar-refractivity contribution in [3.63, 3.8) is 0 Å². The highest BCUT2D eigenvalue weighted by Crippen LogP contribution is 1.98. The Labute approximate surface area is 56.0 Å². The van der Waals surface area contributed by atoms with E-state index in [1.807, 2.05) is 0 Å². The summed E-state index contributed by atoms with van der Waals surface area (Å²) in [6.07, 6.45) is 4.38. The molecule has 0 saturated carbocycles. The van der Waals surface area contributed by atoms with E-state index in [2.05, 4.69) is 11.8 Å². The smallest absolute Gasteiger partial charge is 0.0654 e. The highest BCUT2D eigenvalue weighted by molar-refractivity contribution is 5.80. The van der Waals surface area contributed by atoms with E-state index in [4.69, 9.17) is 0 Å². The van der Waals surface area contributed by atoms with Crippen LogP contribution in [-0.4, -0.2) is 5.71 Å². The van der Waals surface area contributed by atoms with E-state index in [0.29, 0.717) is 0 Å². The maximum atomic E-state index is 9.81. The van der Waals surface area contributed by atoms with Crippen LogP contribution in [0.5, 0.6) is 0 Å². The maximum absolute atomic E-state index is 9.81. The lowest BCUT2D eigenvalue weighted by Gasteiger charge is -1.86. The van der Waals surface area contributed by atoms with Gasteiger partial charge < -0.3 is 0 Å².